The van der Waals surface area contributed by atoms with E-state index in [9.17, 15) is 18.5 Å². The molecule has 0 aliphatic heterocycles. The van der Waals surface area contributed by atoms with Gasteiger partial charge in [0.25, 0.3) is 15.7 Å². The summed E-state index contributed by atoms with van der Waals surface area (Å²) in [4.78, 5) is 10.3. The average Bonchev–Trinajstić information content (AvgIpc) is 2.43. The van der Waals surface area contributed by atoms with Crippen molar-refractivity contribution in [2.24, 2.45) is 0 Å². The normalized spacial score (nSPS) is 11.2. The molecule has 0 fully saturated rings. The van der Waals surface area contributed by atoms with E-state index in [0.717, 1.165) is 11.6 Å². The monoisotopic (exact) mass is 321 g/mol. The van der Waals surface area contributed by atoms with E-state index in [4.69, 9.17) is 5.73 Å². The highest BCUT2D eigenvalue weighted by molar-refractivity contribution is 7.92. The summed E-state index contributed by atoms with van der Waals surface area (Å²) < 4.78 is 27.2. The number of nitrogens with one attached hydrogen (secondary N) is 1. The molecular weight excluding hydrogens is 306 g/mol. The van der Waals surface area contributed by atoms with Gasteiger partial charge in [-0.05, 0) is 43.2 Å². The topological polar surface area (TPSA) is 115 Å². The lowest BCUT2D eigenvalue weighted by Crippen LogP contribution is -2.14. The van der Waals surface area contributed by atoms with Crippen LogP contribution in [0.4, 0.5) is 17.1 Å². The van der Waals surface area contributed by atoms with Crippen LogP contribution in [0.5, 0.6) is 0 Å². The van der Waals surface area contributed by atoms with Gasteiger partial charge < -0.3 is 5.73 Å². The summed E-state index contributed by atoms with van der Waals surface area (Å²) in [6.45, 7) is 3.46. The van der Waals surface area contributed by atoms with E-state index in [2.05, 4.69) is 4.72 Å². The molecule has 2 aromatic carbocycles. The van der Waals surface area contributed by atoms with E-state index < -0.39 is 14.9 Å². The molecule has 0 radical (unpaired) electrons. The number of nitrogen functional groups attached to an aromatic ring is 1. The van der Waals surface area contributed by atoms with Gasteiger partial charge in [-0.3, -0.25) is 14.8 Å². The Morgan fingerprint density at radius 3 is 2.45 bits per heavy atom. The van der Waals surface area contributed by atoms with E-state index in [0.29, 0.717) is 5.56 Å². The minimum absolute atomic E-state index is 0.0281. The Bertz CT molecular complexity index is 847. The van der Waals surface area contributed by atoms with Gasteiger partial charge in [-0.15, -0.1) is 0 Å². The summed E-state index contributed by atoms with van der Waals surface area (Å²) in [5.74, 6) is 0. The third-order valence-electron chi connectivity index (χ3n) is 3.11. The molecule has 22 heavy (non-hydrogen) atoms. The van der Waals surface area contributed by atoms with Crippen LogP contribution in [0.3, 0.4) is 0 Å². The predicted octanol–water partition coefficient (Wildman–Crippen LogP) is 2.59. The Morgan fingerprint density at radius 2 is 1.82 bits per heavy atom. The predicted molar refractivity (Wildman–Crippen MR) is 84.2 cm³/mol. The Kier molecular flexibility index (Phi) is 4.05. The maximum absolute atomic E-state index is 12.4. The molecule has 0 heterocycles. The minimum Gasteiger partial charge on any atom is -0.393 e. The summed E-state index contributed by atoms with van der Waals surface area (Å²) in [6, 6.07) is 8.82. The molecule has 0 spiro atoms. The molecule has 2 aromatic rings. The largest absolute Gasteiger partial charge is 0.393 e. The Balaban J connectivity index is 2.43. The molecular formula is C14H15N3O4S. The smallest absolute Gasteiger partial charge is 0.294 e. The number of benzene rings is 2. The lowest BCUT2D eigenvalue weighted by molar-refractivity contribution is -0.383. The first-order valence-electron chi connectivity index (χ1n) is 6.35. The summed E-state index contributed by atoms with van der Waals surface area (Å²) in [5, 5.41) is 10.9. The number of sulfonamides is 1. The number of anilines is 2. The highest BCUT2D eigenvalue weighted by Gasteiger charge is 2.19. The van der Waals surface area contributed by atoms with Gasteiger partial charge in [0.05, 0.1) is 15.5 Å². The van der Waals surface area contributed by atoms with Gasteiger partial charge in [-0.2, -0.15) is 0 Å². The van der Waals surface area contributed by atoms with Crippen LogP contribution in [0, 0.1) is 24.0 Å². The van der Waals surface area contributed by atoms with Crippen molar-refractivity contribution in [3.05, 3.63) is 57.6 Å². The molecule has 7 nitrogen and oxygen atoms in total. The first-order valence-corrected chi connectivity index (χ1v) is 7.83. The molecule has 0 aliphatic carbocycles. The third kappa shape index (κ3) is 3.17. The molecule has 3 N–H and O–H groups in total. The fraction of sp³-hybridized carbons (Fsp3) is 0.143. The summed E-state index contributed by atoms with van der Waals surface area (Å²) >= 11 is 0. The van der Waals surface area contributed by atoms with Gasteiger partial charge in [0, 0.05) is 6.07 Å². The zero-order valence-electron chi connectivity index (χ0n) is 12.0. The van der Waals surface area contributed by atoms with Crippen LogP contribution < -0.4 is 10.5 Å². The van der Waals surface area contributed by atoms with Crippen molar-refractivity contribution in [3.63, 3.8) is 0 Å². The number of hydrogen-bond donors (Lipinski definition) is 2. The summed E-state index contributed by atoms with van der Waals surface area (Å²) in [5.41, 5.74) is 6.59. The Hall–Kier alpha value is -2.61. The maximum atomic E-state index is 12.4. The van der Waals surface area contributed by atoms with E-state index in [1.807, 2.05) is 6.07 Å². The second-order valence-electron chi connectivity index (χ2n) is 4.91. The van der Waals surface area contributed by atoms with Crippen molar-refractivity contribution in [3.8, 4) is 0 Å². The second-order valence-corrected chi connectivity index (χ2v) is 6.56. The van der Waals surface area contributed by atoms with Crippen LogP contribution in [0.15, 0.2) is 41.3 Å². The van der Waals surface area contributed by atoms with Gasteiger partial charge in [0.15, 0.2) is 0 Å². The van der Waals surface area contributed by atoms with Gasteiger partial charge >= 0.3 is 0 Å². The van der Waals surface area contributed by atoms with Crippen LogP contribution in [0.1, 0.15) is 11.1 Å². The van der Waals surface area contributed by atoms with Crippen molar-refractivity contribution in [2.45, 2.75) is 18.7 Å². The van der Waals surface area contributed by atoms with Crippen molar-refractivity contribution in [1.82, 2.24) is 0 Å². The van der Waals surface area contributed by atoms with Gasteiger partial charge in [-0.1, -0.05) is 12.1 Å². The summed E-state index contributed by atoms with van der Waals surface area (Å²) in [6.07, 6.45) is 0. The SMILES string of the molecule is Cc1ccc(C)c(S(=O)(=O)Nc2ccc(N)c([N+](=O)[O-])c2)c1. The first-order chi connectivity index (χ1) is 10.2. The van der Waals surface area contributed by atoms with Gasteiger partial charge in [-0.25, -0.2) is 8.42 Å². The summed E-state index contributed by atoms with van der Waals surface area (Å²) in [7, 11) is -3.84. The molecule has 0 amide bonds. The molecule has 0 bridgehead atoms. The van der Waals surface area contributed by atoms with Gasteiger partial charge in [0.1, 0.15) is 5.69 Å². The highest BCUT2D eigenvalue weighted by atomic mass is 32.2. The maximum Gasteiger partial charge on any atom is 0.294 e. The fourth-order valence-electron chi connectivity index (χ4n) is 1.97. The molecule has 0 aliphatic rings. The first kappa shape index (κ1) is 15.8. The molecule has 0 aromatic heterocycles. The average molecular weight is 321 g/mol. The standard InChI is InChI=1S/C14H15N3O4S/c1-9-3-4-10(2)14(7-9)22(20,21)16-11-5-6-12(15)13(8-11)17(18)19/h3-8,16H,15H2,1-2H3. The van der Waals surface area contributed by atoms with Crippen LogP contribution in [-0.4, -0.2) is 13.3 Å². The molecule has 116 valence electrons. The zero-order valence-corrected chi connectivity index (χ0v) is 12.8. The number of hydrogen-bond acceptors (Lipinski definition) is 5. The minimum atomic E-state index is -3.84. The van der Waals surface area contributed by atoms with E-state index in [-0.39, 0.29) is 22.0 Å². The molecule has 0 unspecified atom stereocenters. The number of aryl methyl sites for hydroxylation is 2. The zero-order chi connectivity index (χ0) is 16.5. The van der Waals surface area contributed by atoms with Gasteiger partial charge in [0.2, 0.25) is 0 Å². The number of nitrogens with zero attached hydrogens (tertiary/aromatic N) is 1. The lowest BCUT2D eigenvalue weighted by atomic mass is 10.2. The lowest BCUT2D eigenvalue weighted by Gasteiger charge is -2.11. The highest BCUT2D eigenvalue weighted by Crippen LogP contribution is 2.27. The number of nitro benzene ring substituents is 1. The van der Waals surface area contributed by atoms with Crippen molar-refractivity contribution < 1.29 is 13.3 Å². The molecule has 8 heteroatoms. The van der Waals surface area contributed by atoms with Crippen LogP contribution in [0.2, 0.25) is 0 Å². The third-order valence-corrected chi connectivity index (χ3v) is 4.64. The quantitative estimate of drug-likeness (QED) is 0.510. The Labute approximate surface area is 128 Å². The number of rotatable bonds is 4. The van der Waals surface area contributed by atoms with E-state index in [1.165, 1.54) is 12.1 Å². The number of nitrogens with two attached hydrogens (primary N) is 1. The van der Waals surface area contributed by atoms with E-state index >= 15 is 0 Å². The molecule has 0 saturated heterocycles. The second kappa shape index (κ2) is 5.64. The molecule has 2 rings (SSSR count). The molecule has 0 atom stereocenters. The van der Waals surface area contributed by atoms with Crippen molar-refractivity contribution in [1.29, 1.82) is 0 Å². The fourth-order valence-corrected chi connectivity index (χ4v) is 3.35. The Morgan fingerprint density at radius 1 is 1.14 bits per heavy atom. The molecule has 0 saturated carbocycles. The van der Waals surface area contributed by atoms with Crippen LogP contribution >= 0.6 is 0 Å². The number of nitro groups is 1. The van der Waals surface area contributed by atoms with Crippen LogP contribution in [-0.2, 0) is 10.0 Å². The van der Waals surface area contributed by atoms with Crippen LogP contribution in [0.25, 0.3) is 0 Å². The van der Waals surface area contributed by atoms with Crippen molar-refractivity contribution in [2.75, 3.05) is 10.5 Å². The van der Waals surface area contributed by atoms with Crippen molar-refractivity contribution >= 4 is 27.1 Å². The van der Waals surface area contributed by atoms with E-state index in [1.54, 1.807) is 26.0 Å².